The van der Waals surface area contributed by atoms with E-state index in [1.54, 1.807) is 6.07 Å². The minimum atomic E-state index is -3.40. The number of rotatable bonds is 5. The van der Waals surface area contributed by atoms with Crippen molar-refractivity contribution in [3.8, 4) is 0 Å². The normalized spacial score (nSPS) is 12.1. The van der Waals surface area contributed by atoms with Gasteiger partial charge in [0, 0.05) is 11.4 Å². The largest absolute Gasteiger partial charge is 0.342 e. The summed E-state index contributed by atoms with van der Waals surface area (Å²) in [5, 5.41) is 0. The minimum absolute atomic E-state index is 0.365. The van der Waals surface area contributed by atoms with Crippen LogP contribution in [0.1, 0.15) is 16.3 Å². The van der Waals surface area contributed by atoms with Gasteiger partial charge in [-0.2, -0.15) is 0 Å². The number of sulfonamides is 1. The molecule has 0 saturated heterocycles. The van der Waals surface area contributed by atoms with Crippen LogP contribution in [0.4, 0.5) is 0 Å². The fraction of sp³-hybridized carbons (Fsp3) is 0.267. The number of nitrogens with zero attached hydrogens (tertiary/aromatic N) is 1. The molecule has 0 aliphatic carbocycles. The number of H-pyrrole nitrogens is 1. The Labute approximate surface area is 133 Å². The first-order valence-electron chi connectivity index (χ1n) is 6.95. The highest BCUT2D eigenvalue weighted by Crippen LogP contribution is 2.20. The van der Waals surface area contributed by atoms with Crippen molar-refractivity contribution < 1.29 is 8.42 Å². The van der Waals surface area contributed by atoms with Crippen molar-refractivity contribution in [3.05, 3.63) is 46.6 Å². The SMILES string of the molecule is Cc1nc2ccc(CCNS(=O)(=O)c3ccc(C)s3)cc2[nH]1. The van der Waals surface area contributed by atoms with Gasteiger partial charge in [-0.15, -0.1) is 11.3 Å². The topological polar surface area (TPSA) is 74.8 Å². The molecule has 0 aliphatic heterocycles. The zero-order valence-corrected chi connectivity index (χ0v) is 14.0. The van der Waals surface area contributed by atoms with Crippen molar-refractivity contribution in [1.82, 2.24) is 14.7 Å². The molecule has 116 valence electrons. The molecule has 1 aromatic carbocycles. The molecule has 0 radical (unpaired) electrons. The molecule has 3 aromatic rings. The molecule has 22 heavy (non-hydrogen) atoms. The number of benzene rings is 1. The second-order valence-corrected chi connectivity index (χ2v) is 8.47. The van der Waals surface area contributed by atoms with Crippen molar-refractivity contribution in [3.63, 3.8) is 0 Å². The molecular weight excluding hydrogens is 318 g/mol. The Morgan fingerprint density at radius 3 is 2.77 bits per heavy atom. The zero-order chi connectivity index (χ0) is 15.7. The molecule has 2 aromatic heterocycles. The van der Waals surface area contributed by atoms with Crippen LogP contribution in [0.15, 0.2) is 34.5 Å². The number of aromatic nitrogens is 2. The number of hydrogen-bond donors (Lipinski definition) is 2. The van der Waals surface area contributed by atoms with Gasteiger partial charge in [-0.3, -0.25) is 0 Å². The molecule has 0 saturated carbocycles. The van der Waals surface area contributed by atoms with E-state index in [2.05, 4.69) is 14.7 Å². The van der Waals surface area contributed by atoms with Crippen LogP contribution < -0.4 is 4.72 Å². The van der Waals surface area contributed by atoms with Crippen LogP contribution in [0, 0.1) is 13.8 Å². The maximum absolute atomic E-state index is 12.1. The van der Waals surface area contributed by atoms with Crippen molar-refractivity contribution >= 4 is 32.4 Å². The highest BCUT2D eigenvalue weighted by molar-refractivity contribution is 7.91. The summed E-state index contributed by atoms with van der Waals surface area (Å²) in [5.74, 6) is 0.876. The average Bonchev–Trinajstić information content (AvgIpc) is 3.03. The van der Waals surface area contributed by atoms with Gasteiger partial charge in [0.05, 0.1) is 11.0 Å². The van der Waals surface area contributed by atoms with Crippen molar-refractivity contribution in [2.75, 3.05) is 6.54 Å². The van der Waals surface area contributed by atoms with Gasteiger partial charge in [-0.1, -0.05) is 6.07 Å². The van der Waals surface area contributed by atoms with Crippen LogP contribution in [0.5, 0.6) is 0 Å². The van der Waals surface area contributed by atoms with Crippen LogP contribution in [0.25, 0.3) is 11.0 Å². The number of hydrogen-bond acceptors (Lipinski definition) is 4. The number of fused-ring (bicyclic) bond motifs is 1. The van der Waals surface area contributed by atoms with Crippen molar-refractivity contribution in [2.45, 2.75) is 24.5 Å². The van der Waals surface area contributed by atoms with Crippen molar-refractivity contribution in [1.29, 1.82) is 0 Å². The third-order valence-electron chi connectivity index (χ3n) is 3.35. The number of imidazole rings is 1. The Balaban J connectivity index is 1.66. The lowest BCUT2D eigenvalue weighted by molar-refractivity contribution is 0.584. The lowest BCUT2D eigenvalue weighted by atomic mass is 10.1. The predicted molar refractivity (Wildman–Crippen MR) is 88.8 cm³/mol. The summed E-state index contributed by atoms with van der Waals surface area (Å²) >= 11 is 1.28. The monoisotopic (exact) mass is 335 g/mol. The van der Waals surface area contributed by atoms with Crippen LogP contribution in [0.2, 0.25) is 0 Å². The van der Waals surface area contributed by atoms with E-state index < -0.39 is 10.0 Å². The van der Waals surface area contributed by atoms with Gasteiger partial charge in [0.25, 0.3) is 0 Å². The van der Waals surface area contributed by atoms with E-state index >= 15 is 0 Å². The molecule has 3 rings (SSSR count). The molecule has 7 heteroatoms. The summed E-state index contributed by atoms with van der Waals surface area (Å²) in [6.07, 6.45) is 0.637. The van der Waals surface area contributed by atoms with Gasteiger partial charge in [-0.25, -0.2) is 18.1 Å². The average molecular weight is 335 g/mol. The van der Waals surface area contributed by atoms with E-state index in [0.717, 1.165) is 27.3 Å². The van der Waals surface area contributed by atoms with Crippen LogP contribution in [-0.2, 0) is 16.4 Å². The van der Waals surface area contributed by atoms with E-state index in [0.29, 0.717) is 17.2 Å². The second-order valence-electron chi connectivity index (χ2n) is 5.19. The Kier molecular flexibility index (Phi) is 4.03. The Bertz CT molecular complexity index is 910. The first-order chi connectivity index (χ1) is 10.4. The Morgan fingerprint density at radius 2 is 2.05 bits per heavy atom. The predicted octanol–water partition coefficient (Wildman–Crippen LogP) is 2.76. The number of aryl methyl sites for hydroxylation is 2. The molecule has 0 amide bonds. The van der Waals surface area contributed by atoms with Gasteiger partial charge < -0.3 is 4.98 Å². The molecule has 0 atom stereocenters. The van der Waals surface area contributed by atoms with E-state index in [9.17, 15) is 8.42 Å². The van der Waals surface area contributed by atoms with E-state index in [-0.39, 0.29) is 0 Å². The summed E-state index contributed by atoms with van der Waals surface area (Å²) in [6, 6.07) is 9.39. The fourth-order valence-corrected chi connectivity index (χ4v) is 4.66. The molecule has 2 N–H and O–H groups in total. The second kappa shape index (κ2) is 5.83. The van der Waals surface area contributed by atoms with Crippen molar-refractivity contribution in [2.24, 2.45) is 0 Å². The summed E-state index contributed by atoms with van der Waals surface area (Å²) < 4.78 is 27.3. The third kappa shape index (κ3) is 3.21. The Morgan fingerprint density at radius 1 is 1.23 bits per heavy atom. The first kappa shape index (κ1) is 15.2. The van der Waals surface area contributed by atoms with Gasteiger partial charge in [0.2, 0.25) is 10.0 Å². The Hall–Kier alpha value is -1.70. The van der Waals surface area contributed by atoms with Crippen LogP contribution in [0.3, 0.4) is 0 Å². The van der Waals surface area contributed by atoms with Gasteiger partial charge in [0.1, 0.15) is 10.0 Å². The number of nitrogens with one attached hydrogen (secondary N) is 2. The van der Waals surface area contributed by atoms with Crippen LogP contribution in [-0.4, -0.2) is 24.9 Å². The quantitative estimate of drug-likeness (QED) is 0.753. The van der Waals surface area contributed by atoms with E-state index in [1.165, 1.54) is 11.3 Å². The number of aromatic amines is 1. The van der Waals surface area contributed by atoms with Gasteiger partial charge in [0.15, 0.2) is 0 Å². The van der Waals surface area contributed by atoms with E-state index in [1.807, 2.05) is 38.1 Å². The van der Waals surface area contributed by atoms with E-state index in [4.69, 9.17) is 0 Å². The minimum Gasteiger partial charge on any atom is -0.342 e. The summed E-state index contributed by atoms with van der Waals surface area (Å²) in [6.45, 7) is 4.18. The first-order valence-corrected chi connectivity index (χ1v) is 9.25. The molecule has 0 spiro atoms. The standard InChI is InChI=1S/C15H17N3O2S2/c1-10-3-6-15(21-10)22(19,20)16-8-7-12-4-5-13-14(9-12)18-11(2)17-13/h3-6,9,16H,7-8H2,1-2H3,(H,17,18). The highest BCUT2D eigenvalue weighted by atomic mass is 32.2. The molecule has 2 heterocycles. The molecule has 0 bridgehead atoms. The van der Waals surface area contributed by atoms with Crippen LogP contribution >= 0.6 is 11.3 Å². The summed E-state index contributed by atoms with van der Waals surface area (Å²) in [4.78, 5) is 8.52. The molecular formula is C15H17N3O2S2. The lowest BCUT2D eigenvalue weighted by Gasteiger charge is -2.05. The molecule has 5 nitrogen and oxygen atoms in total. The molecule has 0 fully saturated rings. The maximum Gasteiger partial charge on any atom is 0.250 e. The fourth-order valence-electron chi connectivity index (χ4n) is 2.30. The summed E-state index contributed by atoms with van der Waals surface area (Å²) in [7, 11) is -3.40. The molecule has 0 unspecified atom stereocenters. The number of thiophene rings is 1. The smallest absolute Gasteiger partial charge is 0.250 e. The summed E-state index contributed by atoms with van der Waals surface area (Å²) in [5.41, 5.74) is 2.98. The zero-order valence-electron chi connectivity index (χ0n) is 12.4. The van der Waals surface area contributed by atoms with Gasteiger partial charge in [-0.05, 0) is 50.1 Å². The lowest BCUT2D eigenvalue weighted by Crippen LogP contribution is -2.25. The molecule has 0 aliphatic rings. The van der Waals surface area contributed by atoms with Gasteiger partial charge >= 0.3 is 0 Å². The maximum atomic E-state index is 12.1. The third-order valence-corrected chi connectivity index (χ3v) is 6.30. The highest BCUT2D eigenvalue weighted by Gasteiger charge is 2.15.